The van der Waals surface area contributed by atoms with E-state index in [2.05, 4.69) is 0 Å². The molecule has 0 aromatic carbocycles. The van der Waals surface area contributed by atoms with E-state index in [0.717, 1.165) is 12.8 Å². The van der Waals surface area contributed by atoms with Gasteiger partial charge in [-0.1, -0.05) is 12.8 Å². The van der Waals surface area contributed by atoms with Crippen molar-refractivity contribution in [3.8, 4) is 0 Å². The van der Waals surface area contributed by atoms with E-state index in [-0.39, 0.29) is 11.7 Å². The van der Waals surface area contributed by atoms with Gasteiger partial charge in [0.2, 0.25) is 0 Å². The number of aliphatic hydroxyl groups is 1. The van der Waals surface area contributed by atoms with E-state index >= 15 is 0 Å². The predicted molar refractivity (Wildman–Crippen MR) is 51.6 cm³/mol. The highest BCUT2D eigenvalue weighted by Crippen LogP contribution is 2.44. The molecule has 2 fully saturated rings. The van der Waals surface area contributed by atoms with Crippen LogP contribution in [-0.4, -0.2) is 23.9 Å². The lowest BCUT2D eigenvalue weighted by Crippen LogP contribution is -2.52. The number of hydrogen-bond donors (Lipinski definition) is 1. The molecule has 2 aliphatic carbocycles. The van der Waals surface area contributed by atoms with Crippen molar-refractivity contribution in [3.05, 3.63) is 0 Å². The quantitative estimate of drug-likeness (QED) is 0.728. The second-order valence-corrected chi connectivity index (χ2v) is 4.61. The van der Waals surface area contributed by atoms with Crippen LogP contribution in [0.3, 0.4) is 0 Å². The number of hydrogen-bond acceptors (Lipinski definition) is 2. The Labute approximate surface area is 80.3 Å². The Bertz CT molecular complexity index is 163. The van der Waals surface area contributed by atoms with E-state index < -0.39 is 0 Å². The molecule has 0 saturated heterocycles. The normalized spacial score (nSPS) is 30.0. The van der Waals surface area contributed by atoms with Gasteiger partial charge in [0.05, 0.1) is 11.7 Å². The van der Waals surface area contributed by atoms with E-state index in [4.69, 9.17) is 4.74 Å². The Morgan fingerprint density at radius 2 is 1.85 bits per heavy atom. The van der Waals surface area contributed by atoms with E-state index in [1.165, 1.54) is 32.1 Å². The molecule has 0 spiro atoms. The maximum absolute atomic E-state index is 10.2. The molecule has 2 saturated carbocycles. The van der Waals surface area contributed by atoms with Crippen LogP contribution in [0, 0.1) is 5.92 Å². The van der Waals surface area contributed by atoms with Crippen molar-refractivity contribution in [2.45, 2.75) is 56.7 Å². The van der Waals surface area contributed by atoms with Crippen LogP contribution in [0.15, 0.2) is 0 Å². The lowest BCUT2D eigenvalue weighted by atomic mass is 9.71. The molecule has 1 N–H and O–H groups in total. The SMILES string of the molecule is COC1(C(O)C2CCCC2)CCC1. The highest BCUT2D eigenvalue weighted by molar-refractivity contribution is 4.99. The Kier molecular flexibility index (Phi) is 2.61. The van der Waals surface area contributed by atoms with Gasteiger partial charge >= 0.3 is 0 Å². The number of rotatable bonds is 3. The summed E-state index contributed by atoms with van der Waals surface area (Å²) in [7, 11) is 1.75. The van der Waals surface area contributed by atoms with Gasteiger partial charge in [0.1, 0.15) is 0 Å². The molecule has 13 heavy (non-hydrogen) atoms. The summed E-state index contributed by atoms with van der Waals surface area (Å²) in [4.78, 5) is 0. The van der Waals surface area contributed by atoms with Gasteiger partial charge in [-0.25, -0.2) is 0 Å². The van der Waals surface area contributed by atoms with Crippen molar-refractivity contribution in [1.29, 1.82) is 0 Å². The second-order valence-electron chi connectivity index (χ2n) is 4.61. The van der Waals surface area contributed by atoms with Crippen LogP contribution in [0.25, 0.3) is 0 Å². The number of aliphatic hydroxyl groups excluding tert-OH is 1. The van der Waals surface area contributed by atoms with Crippen molar-refractivity contribution < 1.29 is 9.84 Å². The molecule has 2 heteroatoms. The minimum atomic E-state index is -0.200. The van der Waals surface area contributed by atoms with Crippen molar-refractivity contribution in [1.82, 2.24) is 0 Å². The zero-order valence-electron chi connectivity index (χ0n) is 8.46. The average Bonchev–Trinajstić information content (AvgIpc) is 2.54. The molecule has 0 heterocycles. The van der Waals surface area contributed by atoms with E-state index in [1.807, 2.05) is 0 Å². The largest absolute Gasteiger partial charge is 0.390 e. The Hall–Kier alpha value is -0.0800. The van der Waals surface area contributed by atoms with Crippen LogP contribution in [0.5, 0.6) is 0 Å². The average molecular weight is 184 g/mol. The van der Waals surface area contributed by atoms with Crippen LogP contribution in [0.1, 0.15) is 44.9 Å². The summed E-state index contributed by atoms with van der Waals surface area (Å²) in [5, 5.41) is 10.2. The molecule has 76 valence electrons. The third-order valence-electron chi connectivity index (χ3n) is 3.99. The van der Waals surface area contributed by atoms with Crippen LogP contribution in [0.4, 0.5) is 0 Å². The molecule has 2 aliphatic rings. The predicted octanol–water partition coefficient (Wildman–Crippen LogP) is 2.11. The fraction of sp³-hybridized carbons (Fsp3) is 1.00. The lowest BCUT2D eigenvalue weighted by Gasteiger charge is -2.46. The van der Waals surface area contributed by atoms with Gasteiger partial charge < -0.3 is 9.84 Å². The Morgan fingerprint density at radius 3 is 2.23 bits per heavy atom. The number of ether oxygens (including phenoxy) is 1. The molecule has 0 aromatic rings. The molecule has 1 atom stereocenters. The lowest BCUT2D eigenvalue weighted by molar-refractivity contribution is -0.166. The van der Waals surface area contributed by atoms with E-state index in [9.17, 15) is 5.11 Å². The maximum atomic E-state index is 10.2. The van der Waals surface area contributed by atoms with Gasteiger partial charge in [-0.2, -0.15) is 0 Å². The van der Waals surface area contributed by atoms with Gasteiger partial charge in [0.25, 0.3) is 0 Å². The standard InChI is InChI=1S/C11H20O2/c1-13-11(7-4-8-11)10(12)9-5-2-3-6-9/h9-10,12H,2-8H2,1H3. The third kappa shape index (κ3) is 1.50. The van der Waals surface area contributed by atoms with Gasteiger partial charge in [-0.05, 0) is 38.0 Å². The zero-order chi connectivity index (χ0) is 9.31. The first-order chi connectivity index (χ1) is 6.28. The minimum absolute atomic E-state index is 0.158. The molecule has 0 aromatic heterocycles. The Morgan fingerprint density at radius 1 is 1.23 bits per heavy atom. The fourth-order valence-electron chi connectivity index (χ4n) is 2.85. The molecule has 0 bridgehead atoms. The van der Waals surface area contributed by atoms with Crippen molar-refractivity contribution in [3.63, 3.8) is 0 Å². The topological polar surface area (TPSA) is 29.5 Å². The molecular weight excluding hydrogens is 164 g/mol. The third-order valence-corrected chi connectivity index (χ3v) is 3.99. The van der Waals surface area contributed by atoms with Crippen LogP contribution in [0.2, 0.25) is 0 Å². The Balaban J connectivity index is 1.97. The number of methoxy groups -OCH3 is 1. The van der Waals surface area contributed by atoms with Crippen LogP contribution in [-0.2, 0) is 4.74 Å². The van der Waals surface area contributed by atoms with Crippen LogP contribution >= 0.6 is 0 Å². The summed E-state index contributed by atoms with van der Waals surface area (Å²) in [6.07, 6.45) is 8.12. The monoisotopic (exact) mass is 184 g/mol. The molecular formula is C11H20O2. The molecule has 0 amide bonds. The maximum Gasteiger partial charge on any atom is 0.0939 e. The van der Waals surface area contributed by atoms with Crippen molar-refractivity contribution in [2.75, 3.05) is 7.11 Å². The van der Waals surface area contributed by atoms with E-state index in [0.29, 0.717) is 5.92 Å². The summed E-state index contributed by atoms with van der Waals surface area (Å²) in [5.74, 6) is 0.514. The highest BCUT2D eigenvalue weighted by Gasteiger charge is 2.47. The summed E-state index contributed by atoms with van der Waals surface area (Å²) in [6, 6.07) is 0. The highest BCUT2D eigenvalue weighted by atomic mass is 16.5. The summed E-state index contributed by atoms with van der Waals surface area (Å²) in [5.41, 5.74) is -0.158. The molecule has 2 rings (SSSR count). The first-order valence-corrected chi connectivity index (χ1v) is 5.52. The summed E-state index contributed by atoms with van der Waals surface area (Å²) < 4.78 is 5.50. The van der Waals surface area contributed by atoms with Gasteiger partial charge in [-0.15, -0.1) is 0 Å². The molecule has 0 radical (unpaired) electrons. The summed E-state index contributed by atoms with van der Waals surface area (Å²) in [6.45, 7) is 0. The minimum Gasteiger partial charge on any atom is -0.390 e. The molecule has 1 unspecified atom stereocenters. The van der Waals surface area contributed by atoms with Crippen molar-refractivity contribution >= 4 is 0 Å². The van der Waals surface area contributed by atoms with Crippen LogP contribution < -0.4 is 0 Å². The molecule has 0 aliphatic heterocycles. The first kappa shape index (κ1) is 9.47. The van der Waals surface area contributed by atoms with Crippen molar-refractivity contribution in [2.24, 2.45) is 5.92 Å². The van der Waals surface area contributed by atoms with Gasteiger partial charge in [0.15, 0.2) is 0 Å². The fourth-order valence-corrected chi connectivity index (χ4v) is 2.85. The van der Waals surface area contributed by atoms with Gasteiger partial charge in [-0.3, -0.25) is 0 Å². The summed E-state index contributed by atoms with van der Waals surface area (Å²) >= 11 is 0. The van der Waals surface area contributed by atoms with E-state index in [1.54, 1.807) is 7.11 Å². The zero-order valence-corrected chi connectivity index (χ0v) is 8.46. The smallest absolute Gasteiger partial charge is 0.0939 e. The molecule has 2 nitrogen and oxygen atoms in total. The van der Waals surface area contributed by atoms with Gasteiger partial charge in [0, 0.05) is 7.11 Å². The first-order valence-electron chi connectivity index (χ1n) is 5.52. The second kappa shape index (κ2) is 3.58.